The van der Waals surface area contributed by atoms with Gasteiger partial charge in [-0.1, -0.05) is 24.6 Å². The summed E-state index contributed by atoms with van der Waals surface area (Å²) in [6.45, 7) is 3.32. The summed E-state index contributed by atoms with van der Waals surface area (Å²) >= 11 is 6.13. The Morgan fingerprint density at radius 2 is 2.33 bits per heavy atom. The molecule has 0 spiro atoms. The van der Waals surface area contributed by atoms with Gasteiger partial charge in [-0.15, -0.1) is 0 Å². The van der Waals surface area contributed by atoms with E-state index in [0.717, 1.165) is 12.0 Å². The average Bonchev–Trinajstić information content (AvgIpc) is 2.45. The van der Waals surface area contributed by atoms with Crippen molar-refractivity contribution < 1.29 is 14.6 Å². The number of ether oxygens (including phenoxy) is 1. The second-order valence-corrected chi connectivity index (χ2v) is 5.82. The second-order valence-electron chi connectivity index (χ2n) is 5.41. The fourth-order valence-corrected chi connectivity index (χ4v) is 2.62. The number of carbonyl (C=O) groups is 1. The Labute approximate surface area is 129 Å². The SMILES string of the molecule is COCc1c(Cl)cccc1NC(=O)N1CCC(C)C(O)C1. The number of likely N-dealkylation sites (tertiary alicyclic amines) is 1. The highest BCUT2D eigenvalue weighted by Crippen LogP contribution is 2.26. The first-order chi connectivity index (χ1) is 10.0. The highest BCUT2D eigenvalue weighted by molar-refractivity contribution is 6.31. The Morgan fingerprint density at radius 1 is 1.57 bits per heavy atom. The first-order valence-electron chi connectivity index (χ1n) is 7.03. The second kappa shape index (κ2) is 7.11. The molecule has 1 aromatic rings. The van der Waals surface area contributed by atoms with Crippen LogP contribution in [0.3, 0.4) is 0 Å². The third-order valence-electron chi connectivity index (χ3n) is 3.85. The number of halogens is 1. The van der Waals surface area contributed by atoms with Crippen LogP contribution in [0.25, 0.3) is 0 Å². The number of aliphatic hydroxyl groups excluding tert-OH is 1. The fourth-order valence-electron chi connectivity index (χ4n) is 2.39. The van der Waals surface area contributed by atoms with Gasteiger partial charge in [-0.25, -0.2) is 4.79 Å². The van der Waals surface area contributed by atoms with E-state index in [0.29, 0.717) is 30.4 Å². The molecule has 2 N–H and O–H groups in total. The molecule has 1 aliphatic heterocycles. The number of hydrogen-bond acceptors (Lipinski definition) is 3. The van der Waals surface area contributed by atoms with Gasteiger partial charge in [-0.3, -0.25) is 0 Å². The predicted octanol–water partition coefficient (Wildman–Crippen LogP) is 2.72. The number of amides is 2. The van der Waals surface area contributed by atoms with Gasteiger partial charge in [0.05, 0.1) is 12.7 Å². The summed E-state index contributed by atoms with van der Waals surface area (Å²) in [4.78, 5) is 13.9. The van der Waals surface area contributed by atoms with Crippen molar-refractivity contribution in [1.29, 1.82) is 0 Å². The van der Waals surface area contributed by atoms with E-state index in [1.54, 1.807) is 30.2 Å². The van der Waals surface area contributed by atoms with E-state index in [-0.39, 0.29) is 11.9 Å². The summed E-state index contributed by atoms with van der Waals surface area (Å²) in [5.41, 5.74) is 1.39. The van der Waals surface area contributed by atoms with Crippen molar-refractivity contribution in [2.45, 2.75) is 26.1 Å². The van der Waals surface area contributed by atoms with Crippen molar-refractivity contribution in [2.24, 2.45) is 5.92 Å². The third-order valence-corrected chi connectivity index (χ3v) is 4.21. The number of aliphatic hydroxyl groups is 1. The molecule has 2 atom stereocenters. The third kappa shape index (κ3) is 3.87. The molecule has 1 fully saturated rings. The monoisotopic (exact) mass is 312 g/mol. The minimum absolute atomic E-state index is 0.222. The number of piperidine rings is 1. The van der Waals surface area contributed by atoms with E-state index in [2.05, 4.69) is 5.32 Å². The lowest BCUT2D eigenvalue weighted by Crippen LogP contribution is -2.47. The minimum Gasteiger partial charge on any atom is -0.391 e. The maximum absolute atomic E-state index is 12.3. The topological polar surface area (TPSA) is 61.8 Å². The largest absolute Gasteiger partial charge is 0.391 e. The van der Waals surface area contributed by atoms with Crippen LogP contribution in [0.4, 0.5) is 10.5 Å². The van der Waals surface area contributed by atoms with Crippen LogP contribution >= 0.6 is 11.6 Å². The molecule has 5 nitrogen and oxygen atoms in total. The summed E-state index contributed by atoms with van der Waals surface area (Å²) in [6.07, 6.45) is 0.331. The van der Waals surface area contributed by atoms with Crippen LogP contribution in [0.5, 0.6) is 0 Å². The number of nitrogens with one attached hydrogen (secondary N) is 1. The number of β-amino-alcohol motifs (C(OH)–C–C–N with tert-alkyl or cyclic N) is 1. The number of hydrogen-bond donors (Lipinski definition) is 2. The minimum atomic E-state index is -0.470. The number of nitrogens with zero attached hydrogens (tertiary/aromatic N) is 1. The maximum Gasteiger partial charge on any atom is 0.321 e. The van der Waals surface area contributed by atoms with Gasteiger partial charge in [0.25, 0.3) is 0 Å². The molecule has 2 rings (SSSR count). The highest BCUT2D eigenvalue weighted by Gasteiger charge is 2.27. The summed E-state index contributed by atoms with van der Waals surface area (Å²) in [5, 5.41) is 13.3. The molecular formula is C15H21ClN2O3. The van der Waals surface area contributed by atoms with Gasteiger partial charge in [0.15, 0.2) is 0 Å². The highest BCUT2D eigenvalue weighted by atomic mass is 35.5. The summed E-state index contributed by atoms with van der Waals surface area (Å²) in [5.74, 6) is 0.226. The molecule has 1 aliphatic rings. The molecule has 1 heterocycles. The molecule has 1 saturated heterocycles. The molecular weight excluding hydrogens is 292 g/mol. The number of urea groups is 1. The van der Waals surface area contributed by atoms with Crippen molar-refractivity contribution in [3.63, 3.8) is 0 Å². The summed E-state index contributed by atoms with van der Waals surface area (Å²) < 4.78 is 5.12. The molecule has 0 aliphatic carbocycles. The molecule has 1 aromatic carbocycles. The van der Waals surface area contributed by atoms with E-state index in [4.69, 9.17) is 16.3 Å². The van der Waals surface area contributed by atoms with Crippen molar-refractivity contribution in [3.05, 3.63) is 28.8 Å². The Kier molecular flexibility index (Phi) is 5.45. The quantitative estimate of drug-likeness (QED) is 0.902. The molecule has 0 radical (unpaired) electrons. The van der Waals surface area contributed by atoms with Crippen molar-refractivity contribution >= 4 is 23.3 Å². The van der Waals surface area contributed by atoms with Crippen LogP contribution in [0.2, 0.25) is 5.02 Å². The van der Waals surface area contributed by atoms with E-state index in [9.17, 15) is 9.90 Å². The molecule has 2 unspecified atom stereocenters. The Hall–Kier alpha value is -1.30. The van der Waals surface area contributed by atoms with Crippen LogP contribution in [0, 0.1) is 5.92 Å². The van der Waals surface area contributed by atoms with E-state index >= 15 is 0 Å². The van der Waals surface area contributed by atoms with Crippen molar-refractivity contribution in [2.75, 3.05) is 25.5 Å². The van der Waals surface area contributed by atoms with Gasteiger partial charge < -0.3 is 20.1 Å². The molecule has 0 aromatic heterocycles. The summed E-state index contributed by atoms with van der Waals surface area (Å²) in [6, 6.07) is 5.11. The van der Waals surface area contributed by atoms with Crippen LogP contribution in [0.15, 0.2) is 18.2 Å². The Morgan fingerprint density at radius 3 is 3.00 bits per heavy atom. The molecule has 0 bridgehead atoms. The van der Waals surface area contributed by atoms with Gasteiger partial charge in [0, 0.05) is 36.5 Å². The first-order valence-corrected chi connectivity index (χ1v) is 7.41. The molecule has 116 valence electrons. The number of anilines is 1. The van der Waals surface area contributed by atoms with Gasteiger partial charge >= 0.3 is 6.03 Å². The summed E-state index contributed by atoms with van der Waals surface area (Å²) in [7, 11) is 1.58. The zero-order chi connectivity index (χ0) is 15.4. The van der Waals surface area contributed by atoms with Gasteiger partial charge in [0.2, 0.25) is 0 Å². The average molecular weight is 313 g/mol. The van der Waals surface area contributed by atoms with Gasteiger partial charge in [-0.05, 0) is 24.5 Å². The zero-order valence-corrected chi connectivity index (χ0v) is 13.1. The lowest BCUT2D eigenvalue weighted by molar-refractivity contribution is 0.0463. The van der Waals surface area contributed by atoms with Crippen LogP contribution in [0.1, 0.15) is 18.9 Å². The molecule has 6 heteroatoms. The lowest BCUT2D eigenvalue weighted by Gasteiger charge is -2.34. The standard InChI is InChI=1S/C15H21ClN2O3/c1-10-6-7-18(8-14(10)19)15(20)17-13-5-3-4-12(16)11(13)9-21-2/h3-5,10,14,19H,6-9H2,1-2H3,(H,17,20). The van der Waals surface area contributed by atoms with Crippen molar-refractivity contribution in [3.8, 4) is 0 Å². The fraction of sp³-hybridized carbons (Fsp3) is 0.533. The first kappa shape index (κ1) is 16.1. The smallest absolute Gasteiger partial charge is 0.321 e. The number of benzene rings is 1. The molecule has 0 saturated carbocycles. The maximum atomic E-state index is 12.3. The number of rotatable bonds is 3. The van der Waals surface area contributed by atoms with Gasteiger partial charge in [0.1, 0.15) is 0 Å². The Balaban J connectivity index is 2.08. The van der Waals surface area contributed by atoms with E-state index < -0.39 is 6.10 Å². The number of carbonyl (C=O) groups excluding carboxylic acids is 1. The number of methoxy groups -OCH3 is 1. The lowest BCUT2D eigenvalue weighted by atomic mass is 9.96. The predicted molar refractivity (Wildman–Crippen MR) is 82.5 cm³/mol. The van der Waals surface area contributed by atoms with E-state index in [1.807, 2.05) is 6.92 Å². The molecule has 21 heavy (non-hydrogen) atoms. The van der Waals surface area contributed by atoms with Crippen LogP contribution < -0.4 is 5.32 Å². The van der Waals surface area contributed by atoms with Crippen molar-refractivity contribution in [1.82, 2.24) is 4.90 Å². The van der Waals surface area contributed by atoms with Crippen LogP contribution in [-0.4, -0.2) is 42.3 Å². The van der Waals surface area contributed by atoms with Gasteiger partial charge in [-0.2, -0.15) is 0 Å². The van der Waals surface area contributed by atoms with Crippen LogP contribution in [-0.2, 0) is 11.3 Å². The molecule has 2 amide bonds. The zero-order valence-electron chi connectivity index (χ0n) is 12.3. The van der Waals surface area contributed by atoms with E-state index in [1.165, 1.54) is 0 Å². The Bertz CT molecular complexity index is 510. The normalized spacial score (nSPS) is 22.2.